The number of hydrogen-bond donors (Lipinski definition) is 1. The van der Waals surface area contributed by atoms with Crippen molar-refractivity contribution < 1.29 is 19.0 Å². The van der Waals surface area contributed by atoms with E-state index in [9.17, 15) is 4.79 Å². The number of allylic oxidation sites excluding steroid dienone is 2. The van der Waals surface area contributed by atoms with Gasteiger partial charge in [0.05, 0.1) is 31.5 Å². The SMILES string of the molecule is COC(=O)c1cccc2c1N[C@@H](c1ccc(OCc3ccccc3)c(OC)c1)[C@H]1CC=C[C@@H]21. The fourth-order valence-corrected chi connectivity index (χ4v) is 4.96. The lowest BCUT2D eigenvalue weighted by Crippen LogP contribution is -2.30. The number of ether oxygens (including phenoxy) is 3. The summed E-state index contributed by atoms with van der Waals surface area (Å²) in [6.45, 7) is 0.475. The Bertz CT molecular complexity index is 1190. The highest BCUT2D eigenvalue weighted by Gasteiger charge is 2.39. The summed E-state index contributed by atoms with van der Waals surface area (Å²) in [6.07, 6.45) is 5.46. The van der Waals surface area contributed by atoms with Gasteiger partial charge in [0.25, 0.3) is 0 Å². The summed E-state index contributed by atoms with van der Waals surface area (Å²) in [5.74, 6) is 1.67. The van der Waals surface area contributed by atoms with Crippen LogP contribution < -0.4 is 14.8 Å². The number of hydrogen-bond acceptors (Lipinski definition) is 5. The first kappa shape index (κ1) is 21.1. The predicted molar refractivity (Wildman–Crippen MR) is 128 cm³/mol. The second kappa shape index (κ2) is 9.02. The number of benzene rings is 3. The normalized spacial score (nSPS) is 20.4. The Hall–Kier alpha value is -3.73. The molecule has 1 aliphatic heterocycles. The summed E-state index contributed by atoms with van der Waals surface area (Å²) >= 11 is 0. The van der Waals surface area contributed by atoms with Crippen LogP contribution in [0.5, 0.6) is 11.5 Å². The molecule has 33 heavy (non-hydrogen) atoms. The van der Waals surface area contributed by atoms with E-state index in [1.165, 1.54) is 7.11 Å². The van der Waals surface area contributed by atoms with Crippen molar-refractivity contribution in [3.63, 3.8) is 0 Å². The number of fused-ring (bicyclic) bond motifs is 3. The second-order valence-corrected chi connectivity index (χ2v) is 8.42. The largest absolute Gasteiger partial charge is 0.493 e. The van der Waals surface area contributed by atoms with Crippen LogP contribution >= 0.6 is 0 Å². The molecule has 5 heteroatoms. The maximum absolute atomic E-state index is 12.4. The molecule has 0 radical (unpaired) electrons. The van der Waals surface area contributed by atoms with E-state index in [1.807, 2.05) is 54.6 Å². The Morgan fingerprint density at radius 1 is 1.00 bits per heavy atom. The Morgan fingerprint density at radius 2 is 1.85 bits per heavy atom. The van der Waals surface area contributed by atoms with E-state index in [4.69, 9.17) is 14.2 Å². The van der Waals surface area contributed by atoms with E-state index < -0.39 is 0 Å². The highest BCUT2D eigenvalue weighted by atomic mass is 16.5. The molecule has 1 heterocycles. The van der Waals surface area contributed by atoms with Gasteiger partial charge < -0.3 is 19.5 Å². The molecule has 5 rings (SSSR count). The van der Waals surface area contributed by atoms with Crippen LogP contribution in [0.15, 0.2) is 78.9 Å². The van der Waals surface area contributed by atoms with Gasteiger partial charge in [-0.25, -0.2) is 4.79 Å². The molecule has 0 spiro atoms. The number of rotatable bonds is 6. The van der Waals surface area contributed by atoms with Crippen LogP contribution in [-0.2, 0) is 11.3 Å². The fraction of sp³-hybridized carbons (Fsp3) is 0.250. The van der Waals surface area contributed by atoms with Crippen molar-refractivity contribution in [1.82, 2.24) is 0 Å². The molecule has 0 unspecified atom stereocenters. The van der Waals surface area contributed by atoms with Gasteiger partial charge >= 0.3 is 5.97 Å². The minimum absolute atomic E-state index is 0.0281. The molecular formula is C28H27NO4. The van der Waals surface area contributed by atoms with Crippen molar-refractivity contribution in [2.75, 3.05) is 19.5 Å². The molecule has 0 amide bonds. The lowest BCUT2D eigenvalue weighted by molar-refractivity contribution is 0.0601. The van der Waals surface area contributed by atoms with Gasteiger partial charge in [0.1, 0.15) is 6.61 Å². The van der Waals surface area contributed by atoms with Gasteiger partial charge in [-0.05, 0) is 47.2 Å². The van der Waals surface area contributed by atoms with Crippen LogP contribution in [0, 0.1) is 5.92 Å². The van der Waals surface area contributed by atoms with Gasteiger partial charge in [-0.15, -0.1) is 0 Å². The molecule has 168 valence electrons. The van der Waals surface area contributed by atoms with Gasteiger partial charge in [0.15, 0.2) is 11.5 Å². The van der Waals surface area contributed by atoms with Crippen molar-refractivity contribution in [2.45, 2.75) is 25.0 Å². The zero-order valence-electron chi connectivity index (χ0n) is 18.8. The minimum Gasteiger partial charge on any atom is -0.493 e. The zero-order valence-corrected chi connectivity index (χ0v) is 18.8. The Balaban J connectivity index is 1.46. The predicted octanol–water partition coefficient (Wildman–Crippen LogP) is 5.89. The maximum Gasteiger partial charge on any atom is 0.339 e. The standard InChI is InChI=1S/C28H27NO4/c1-31-25-16-19(14-15-24(25)33-17-18-8-4-3-5-9-18)26-21-11-6-10-20(21)22-12-7-13-23(27(22)29-26)28(30)32-2/h3-10,12-16,20-21,26,29H,11,17H2,1-2H3/t20-,21+,26+/m1/s1. The number of para-hydroxylation sites is 1. The van der Waals surface area contributed by atoms with E-state index in [0.29, 0.717) is 29.6 Å². The highest BCUT2D eigenvalue weighted by Crippen LogP contribution is 2.51. The first-order chi connectivity index (χ1) is 16.2. The van der Waals surface area contributed by atoms with Gasteiger partial charge in [0.2, 0.25) is 0 Å². The van der Waals surface area contributed by atoms with E-state index in [0.717, 1.165) is 28.8 Å². The second-order valence-electron chi connectivity index (χ2n) is 8.42. The van der Waals surface area contributed by atoms with Crippen molar-refractivity contribution in [3.8, 4) is 11.5 Å². The van der Waals surface area contributed by atoms with Gasteiger partial charge in [-0.3, -0.25) is 0 Å². The number of carbonyl (C=O) groups is 1. The third-order valence-electron chi connectivity index (χ3n) is 6.59. The van der Waals surface area contributed by atoms with Crippen molar-refractivity contribution in [2.24, 2.45) is 5.92 Å². The molecule has 0 aromatic heterocycles. The van der Waals surface area contributed by atoms with Crippen molar-refractivity contribution in [1.29, 1.82) is 0 Å². The molecule has 3 atom stereocenters. The van der Waals surface area contributed by atoms with Crippen LogP contribution in [0.25, 0.3) is 0 Å². The van der Waals surface area contributed by atoms with Gasteiger partial charge in [0, 0.05) is 5.92 Å². The summed E-state index contributed by atoms with van der Waals surface area (Å²) in [5.41, 5.74) is 4.76. The van der Waals surface area contributed by atoms with Crippen LogP contribution in [0.3, 0.4) is 0 Å². The molecule has 5 nitrogen and oxygen atoms in total. The molecule has 1 aliphatic carbocycles. The van der Waals surface area contributed by atoms with Gasteiger partial charge in [-0.1, -0.05) is 60.7 Å². The fourth-order valence-electron chi connectivity index (χ4n) is 4.96. The number of methoxy groups -OCH3 is 2. The monoisotopic (exact) mass is 441 g/mol. The average molecular weight is 442 g/mol. The first-order valence-electron chi connectivity index (χ1n) is 11.2. The van der Waals surface area contributed by atoms with E-state index in [1.54, 1.807) is 7.11 Å². The number of anilines is 1. The summed E-state index contributed by atoms with van der Waals surface area (Å²) in [5, 5.41) is 3.66. The quantitative estimate of drug-likeness (QED) is 0.382. The summed E-state index contributed by atoms with van der Waals surface area (Å²) in [4.78, 5) is 12.4. The lowest BCUT2D eigenvalue weighted by atomic mass is 9.76. The van der Waals surface area contributed by atoms with Crippen molar-refractivity contribution >= 4 is 11.7 Å². The molecule has 3 aromatic carbocycles. The molecule has 0 saturated carbocycles. The average Bonchev–Trinajstić information content (AvgIpc) is 3.37. The van der Waals surface area contributed by atoms with E-state index >= 15 is 0 Å². The number of nitrogens with one attached hydrogen (secondary N) is 1. The first-order valence-corrected chi connectivity index (χ1v) is 11.2. The smallest absolute Gasteiger partial charge is 0.339 e. The number of carbonyl (C=O) groups excluding carboxylic acids is 1. The Labute approximate surface area is 194 Å². The Morgan fingerprint density at radius 3 is 2.64 bits per heavy atom. The van der Waals surface area contributed by atoms with E-state index in [2.05, 4.69) is 29.6 Å². The lowest BCUT2D eigenvalue weighted by Gasteiger charge is -2.38. The summed E-state index contributed by atoms with van der Waals surface area (Å²) < 4.78 is 16.8. The molecule has 2 aliphatic rings. The maximum atomic E-state index is 12.4. The number of esters is 1. The van der Waals surface area contributed by atoms with E-state index in [-0.39, 0.29) is 17.9 Å². The van der Waals surface area contributed by atoms with Crippen LogP contribution in [0.1, 0.15) is 45.4 Å². The van der Waals surface area contributed by atoms with Gasteiger partial charge in [-0.2, -0.15) is 0 Å². The Kier molecular flexibility index (Phi) is 5.78. The molecule has 0 fully saturated rings. The molecule has 1 N–H and O–H groups in total. The summed E-state index contributed by atoms with van der Waals surface area (Å²) in [6, 6.07) is 22.0. The van der Waals surface area contributed by atoms with Crippen LogP contribution in [-0.4, -0.2) is 20.2 Å². The van der Waals surface area contributed by atoms with Crippen molar-refractivity contribution in [3.05, 3.63) is 101 Å². The third-order valence-corrected chi connectivity index (χ3v) is 6.59. The molecule has 3 aromatic rings. The molecular weight excluding hydrogens is 414 g/mol. The van der Waals surface area contributed by atoms with Crippen LogP contribution in [0.2, 0.25) is 0 Å². The minimum atomic E-state index is -0.333. The third kappa shape index (κ3) is 3.95. The molecule has 0 saturated heterocycles. The summed E-state index contributed by atoms with van der Waals surface area (Å²) in [7, 11) is 3.08. The zero-order chi connectivity index (χ0) is 22.8. The highest BCUT2D eigenvalue weighted by molar-refractivity contribution is 5.97. The molecule has 0 bridgehead atoms. The topological polar surface area (TPSA) is 56.8 Å². The van der Waals surface area contributed by atoms with Crippen LogP contribution in [0.4, 0.5) is 5.69 Å².